The van der Waals surface area contributed by atoms with Gasteiger partial charge in [0.2, 0.25) is 0 Å². The lowest BCUT2D eigenvalue weighted by Crippen LogP contribution is -2.46. The van der Waals surface area contributed by atoms with Crippen LogP contribution in [0.5, 0.6) is 0 Å². The Bertz CT molecular complexity index is 653. The van der Waals surface area contributed by atoms with Crippen LogP contribution in [-0.2, 0) is 15.7 Å². The van der Waals surface area contributed by atoms with Crippen LogP contribution < -0.4 is 10.6 Å². The summed E-state index contributed by atoms with van der Waals surface area (Å²) >= 11 is 0. The first-order valence-electron chi connectivity index (χ1n) is 8.20. The number of ether oxygens (including phenoxy) is 1. The van der Waals surface area contributed by atoms with Gasteiger partial charge in [-0.2, -0.15) is 13.2 Å². The van der Waals surface area contributed by atoms with Gasteiger partial charge in [-0.3, -0.25) is 10.1 Å². The highest BCUT2D eigenvalue weighted by atomic mass is 19.4. The van der Waals surface area contributed by atoms with Gasteiger partial charge in [-0.15, -0.1) is 0 Å². The zero-order chi connectivity index (χ0) is 19.2. The maximum Gasteiger partial charge on any atom is 0.416 e. The fourth-order valence-electron chi connectivity index (χ4n) is 2.64. The molecule has 0 radical (unpaired) electrons. The van der Waals surface area contributed by atoms with Crippen molar-refractivity contribution in [3.05, 3.63) is 35.4 Å². The summed E-state index contributed by atoms with van der Waals surface area (Å²) in [6, 6.07) is 2.76. The van der Waals surface area contributed by atoms with Crippen LogP contribution in [0.15, 0.2) is 24.3 Å². The van der Waals surface area contributed by atoms with Gasteiger partial charge >= 0.3 is 18.2 Å². The molecule has 2 rings (SSSR count). The minimum Gasteiger partial charge on any atom is -0.452 e. The maximum atomic E-state index is 12.5. The van der Waals surface area contributed by atoms with Gasteiger partial charge < -0.3 is 10.1 Å². The van der Waals surface area contributed by atoms with Crippen LogP contribution in [0.1, 0.15) is 48.0 Å². The minimum absolute atomic E-state index is 0.0197. The third-order valence-electron chi connectivity index (χ3n) is 3.98. The van der Waals surface area contributed by atoms with Gasteiger partial charge in [0, 0.05) is 6.04 Å². The molecule has 0 aromatic heterocycles. The lowest BCUT2D eigenvalue weighted by molar-refractivity contribution is -0.137. The molecule has 1 fully saturated rings. The van der Waals surface area contributed by atoms with Gasteiger partial charge in [-0.1, -0.05) is 19.3 Å². The second-order valence-corrected chi connectivity index (χ2v) is 6.01. The minimum atomic E-state index is -4.51. The van der Waals surface area contributed by atoms with Crippen molar-refractivity contribution in [1.82, 2.24) is 10.6 Å². The lowest BCUT2D eigenvalue weighted by Gasteiger charge is -2.22. The number of amides is 3. The van der Waals surface area contributed by atoms with Crippen molar-refractivity contribution in [3.63, 3.8) is 0 Å². The molecule has 0 saturated heterocycles. The highest BCUT2D eigenvalue weighted by Crippen LogP contribution is 2.29. The molecule has 3 amide bonds. The van der Waals surface area contributed by atoms with E-state index in [-0.39, 0.29) is 11.6 Å². The second kappa shape index (κ2) is 8.68. The zero-order valence-electron chi connectivity index (χ0n) is 13.9. The second-order valence-electron chi connectivity index (χ2n) is 6.01. The number of imide groups is 1. The number of hydrogen-bond acceptors (Lipinski definition) is 4. The first kappa shape index (κ1) is 19.7. The standard InChI is InChI=1S/C17H19F3N2O4/c18-17(19,20)12-8-6-11(7-9-12)15(24)26-10-14(23)22-16(25)21-13-4-2-1-3-5-13/h6-9,13H,1-5,10H2,(H2,21,22,23,25). The number of alkyl halides is 3. The highest BCUT2D eigenvalue weighted by molar-refractivity contribution is 5.97. The maximum absolute atomic E-state index is 12.5. The van der Waals surface area contributed by atoms with E-state index in [1.54, 1.807) is 0 Å². The summed E-state index contributed by atoms with van der Waals surface area (Å²) in [7, 11) is 0. The van der Waals surface area contributed by atoms with Crippen LogP contribution in [0.25, 0.3) is 0 Å². The van der Waals surface area contributed by atoms with E-state index in [0.717, 1.165) is 56.4 Å². The number of hydrogen-bond donors (Lipinski definition) is 2. The normalized spacial score (nSPS) is 15.2. The van der Waals surface area contributed by atoms with Crippen molar-refractivity contribution < 1.29 is 32.3 Å². The smallest absolute Gasteiger partial charge is 0.416 e. The Labute approximate surface area is 148 Å². The highest BCUT2D eigenvalue weighted by Gasteiger charge is 2.30. The molecule has 1 aromatic carbocycles. The van der Waals surface area contributed by atoms with Crippen molar-refractivity contribution in [3.8, 4) is 0 Å². The van der Waals surface area contributed by atoms with E-state index >= 15 is 0 Å². The molecule has 142 valence electrons. The molecule has 2 N–H and O–H groups in total. The summed E-state index contributed by atoms with van der Waals surface area (Å²) in [6.07, 6.45) is 0.356. The van der Waals surface area contributed by atoms with Crippen LogP contribution in [0.2, 0.25) is 0 Å². The summed E-state index contributed by atoms with van der Waals surface area (Å²) in [5.74, 6) is -1.78. The van der Waals surface area contributed by atoms with E-state index in [0.29, 0.717) is 0 Å². The van der Waals surface area contributed by atoms with Gasteiger partial charge in [-0.25, -0.2) is 9.59 Å². The molecule has 0 heterocycles. The molecule has 0 atom stereocenters. The Hall–Kier alpha value is -2.58. The Morgan fingerprint density at radius 3 is 2.23 bits per heavy atom. The van der Waals surface area contributed by atoms with Crippen LogP contribution in [0.4, 0.5) is 18.0 Å². The lowest BCUT2D eigenvalue weighted by atomic mass is 9.96. The molecule has 1 aliphatic rings. The van der Waals surface area contributed by atoms with Crippen molar-refractivity contribution in [2.24, 2.45) is 0 Å². The van der Waals surface area contributed by atoms with Crippen molar-refractivity contribution in [2.45, 2.75) is 44.3 Å². The summed E-state index contributed by atoms with van der Waals surface area (Å²) in [6.45, 7) is -0.710. The number of rotatable bonds is 4. The van der Waals surface area contributed by atoms with Crippen LogP contribution >= 0.6 is 0 Å². The van der Waals surface area contributed by atoms with Crippen molar-refractivity contribution in [2.75, 3.05) is 6.61 Å². The summed E-state index contributed by atoms with van der Waals surface area (Å²) < 4.78 is 42.1. The van der Waals surface area contributed by atoms with E-state index < -0.39 is 36.3 Å². The summed E-state index contributed by atoms with van der Waals surface area (Å²) in [5, 5.41) is 4.72. The Morgan fingerprint density at radius 1 is 1.04 bits per heavy atom. The molecule has 1 saturated carbocycles. The molecule has 0 unspecified atom stereocenters. The number of benzene rings is 1. The van der Waals surface area contributed by atoms with Crippen LogP contribution in [0.3, 0.4) is 0 Å². The molecule has 0 aliphatic heterocycles. The first-order valence-corrected chi connectivity index (χ1v) is 8.20. The Morgan fingerprint density at radius 2 is 1.65 bits per heavy atom. The topological polar surface area (TPSA) is 84.5 Å². The van der Waals surface area contributed by atoms with Gasteiger partial charge in [-0.05, 0) is 37.1 Å². The van der Waals surface area contributed by atoms with Gasteiger partial charge in [0.05, 0.1) is 11.1 Å². The first-order chi connectivity index (χ1) is 12.3. The molecule has 1 aromatic rings. The van der Waals surface area contributed by atoms with E-state index in [9.17, 15) is 27.6 Å². The van der Waals surface area contributed by atoms with E-state index in [4.69, 9.17) is 4.74 Å². The molecule has 0 bridgehead atoms. The quantitative estimate of drug-likeness (QED) is 0.796. The number of halogens is 3. The largest absolute Gasteiger partial charge is 0.452 e. The third-order valence-corrected chi connectivity index (χ3v) is 3.98. The Balaban J connectivity index is 1.75. The monoisotopic (exact) mass is 372 g/mol. The fourth-order valence-corrected chi connectivity index (χ4v) is 2.64. The number of esters is 1. The molecular weight excluding hydrogens is 353 g/mol. The molecule has 1 aliphatic carbocycles. The molecular formula is C17H19F3N2O4. The predicted octanol–water partition coefficient (Wildman–Crippen LogP) is 3.02. The van der Waals surface area contributed by atoms with E-state index in [1.807, 2.05) is 5.32 Å². The number of urea groups is 1. The van der Waals surface area contributed by atoms with Crippen molar-refractivity contribution in [1.29, 1.82) is 0 Å². The average molecular weight is 372 g/mol. The third kappa shape index (κ3) is 6.05. The van der Waals surface area contributed by atoms with Gasteiger partial charge in [0.1, 0.15) is 0 Å². The zero-order valence-corrected chi connectivity index (χ0v) is 13.9. The van der Waals surface area contributed by atoms with Crippen molar-refractivity contribution >= 4 is 17.9 Å². The van der Waals surface area contributed by atoms with Crippen LogP contribution in [0, 0.1) is 0 Å². The predicted molar refractivity (Wildman–Crippen MR) is 85.3 cm³/mol. The van der Waals surface area contributed by atoms with Crippen LogP contribution in [-0.4, -0.2) is 30.6 Å². The van der Waals surface area contributed by atoms with E-state index in [2.05, 4.69) is 5.32 Å². The molecule has 0 spiro atoms. The molecule has 9 heteroatoms. The number of nitrogens with one attached hydrogen (secondary N) is 2. The van der Waals surface area contributed by atoms with E-state index in [1.165, 1.54) is 0 Å². The average Bonchev–Trinajstić information content (AvgIpc) is 2.59. The molecule has 6 nitrogen and oxygen atoms in total. The van der Waals surface area contributed by atoms with Gasteiger partial charge in [0.15, 0.2) is 6.61 Å². The SMILES string of the molecule is O=C(COC(=O)c1ccc(C(F)(F)F)cc1)NC(=O)NC1CCCCC1. The molecule has 26 heavy (non-hydrogen) atoms. The fraction of sp³-hybridized carbons (Fsp3) is 0.471. The summed E-state index contributed by atoms with van der Waals surface area (Å²) in [5.41, 5.74) is -1.02. The summed E-state index contributed by atoms with van der Waals surface area (Å²) in [4.78, 5) is 35.0. The number of carbonyl (C=O) groups is 3. The Kier molecular flexibility index (Phi) is 6.59. The number of carbonyl (C=O) groups excluding carboxylic acids is 3. The van der Waals surface area contributed by atoms with Gasteiger partial charge in [0.25, 0.3) is 5.91 Å².